The van der Waals surface area contributed by atoms with Crippen LogP contribution in [0.15, 0.2) is 0 Å². The van der Waals surface area contributed by atoms with E-state index in [9.17, 15) is 28.8 Å². The van der Waals surface area contributed by atoms with Crippen LogP contribution in [0.4, 0.5) is 0 Å². The van der Waals surface area contributed by atoms with Crippen molar-refractivity contribution >= 4 is 21.3 Å². The Bertz CT molecular complexity index is 428. The van der Waals surface area contributed by atoms with E-state index in [1.165, 1.54) is 0 Å². The molecule has 1 aliphatic heterocycles. The molecule has 0 radical (unpaired) electrons. The molecule has 1 fully saturated rings. The summed E-state index contributed by atoms with van der Waals surface area (Å²) in [5, 5.41) is 47.4. The van der Waals surface area contributed by atoms with Crippen molar-refractivity contribution in [2.75, 3.05) is 18.1 Å². The molecule has 0 saturated carbocycles. The van der Waals surface area contributed by atoms with Crippen molar-refractivity contribution in [1.82, 2.24) is 0 Å². The Morgan fingerprint density at radius 1 is 1.29 bits per heavy atom. The molecule has 21 heavy (non-hydrogen) atoms. The van der Waals surface area contributed by atoms with Crippen molar-refractivity contribution in [3.8, 4) is 0 Å². The monoisotopic (exact) mass is 349 g/mol. The summed E-state index contributed by atoms with van der Waals surface area (Å²) in [6, 6.07) is 0. The van der Waals surface area contributed by atoms with Gasteiger partial charge in [0.25, 0.3) is 0 Å². The summed E-state index contributed by atoms with van der Waals surface area (Å²) < 4.78 is 33.9. The van der Waals surface area contributed by atoms with E-state index in [1.807, 2.05) is 0 Å². The standard InChI is InChI=1S/C10H20O9S2/c1-5-9(14)10(15)7(13)4-20(5)3-6(12)8(2-11)19-21(16,17)18/h5-15H,2-4H2,1H3/p+1/t5-,6+,7+,8-,9+,10-,20?/m0/s1. The topological polar surface area (TPSA) is 165 Å². The Morgan fingerprint density at radius 3 is 2.33 bits per heavy atom. The SMILES string of the molecule is C[C@H]1[C@@H](O)[C@@H](O)[C@H](O)C[S+]1C[C@@H](O)[C@H](CO)OS(=O)(=O)O. The predicted molar refractivity (Wildman–Crippen MR) is 74.1 cm³/mol. The van der Waals surface area contributed by atoms with Crippen molar-refractivity contribution in [2.45, 2.75) is 42.7 Å². The van der Waals surface area contributed by atoms with Crippen LogP contribution >= 0.6 is 0 Å². The van der Waals surface area contributed by atoms with Gasteiger partial charge in [0.1, 0.15) is 47.3 Å². The second-order valence-electron chi connectivity index (χ2n) is 4.94. The number of hydrogen-bond acceptors (Lipinski definition) is 8. The summed E-state index contributed by atoms with van der Waals surface area (Å²) in [7, 11) is -5.55. The summed E-state index contributed by atoms with van der Waals surface area (Å²) in [4.78, 5) is 0. The zero-order valence-electron chi connectivity index (χ0n) is 11.3. The third kappa shape index (κ3) is 5.30. The van der Waals surface area contributed by atoms with E-state index in [2.05, 4.69) is 4.18 Å². The highest BCUT2D eigenvalue weighted by Crippen LogP contribution is 2.24. The van der Waals surface area contributed by atoms with Crippen LogP contribution < -0.4 is 0 Å². The van der Waals surface area contributed by atoms with Gasteiger partial charge in [-0.05, 0) is 17.8 Å². The van der Waals surface area contributed by atoms with Crippen LogP contribution in [0.25, 0.3) is 0 Å². The summed E-state index contributed by atoms with van der Waals surface area (Å²) in [6.45, 7) is 0.799. The summed E-state index contributed by atoms with van der Waals surface area (Å²) in [6.07, 6.45) is -6.55. The molecule has 0 aromatic heterocycles. The van der Waals surface area contributed by atoms with Crippen LogP contribution in [0, 0.1) is 0 Å². The minimum absolute atomic E-state index is 0.0528. The van der Waals surface area contributed by atoms with Gasteiger partial charge in [-0.15, -0.1) is 0 Å². The lowest BCUT2D eigenvalue weighted by Crippen LogP contribution is -2.57. The van der Waals surface area contributed by atoms with Crippen molar-refractivity contribution < 1.29 is 42.7 Å². The molecule has 9 nitrogen and oxygen atoms in total. The highest BCUT2D eigenvalue weighted by Gasteiger charge is 2.48. The average Bonchev–Trinajstić information content (AvgIpc) is 2.38. The third-order valence-corrected chi connectivity index (χ3v) is 6.74. The van der Waals surface area contributed by atoms with Gasteiger partial charge in [0.05, 0.1) is 6.61 Å². The fourth-order valence-corrected chi connectivity index (χ4v) is 5.18. The van der Waals surface area contributed by atoms with E-state index in [-0.39, 0.29) is 11.5 Å². The molecule has 0 aromatic rings. The van der Waals surface area contributed by atoms with E-state index in [0.717, 1.165) is 0 Å². The lowest BCUT2D eigenvalue weighted by Gasteiger charge is -2.34. The maximum absolute atomic E-state index is 10.6. The van der Waals surface area contributed by atoms with Crippen molar-refractivity contribution in [2.24, 2.45) is 0 Å². The van der Waals surface area contributed by atoms with Gasteiger partial charge >= 0.3 is 10.4 Å². The predicted octanol–water partition coefficient (Wildman–Crippen LogP) is -3.37. The van der Waals surface area contributed by atoms with E-state index >= 15 is 0 Å². The zero-order chi connectivity index (χ0) is 16.4. The normalized spacial score (nSPS) is 37.2. The highest BCUT2D eigenvalue weighted by atomic mass is 32.3. The molecule has 0 amide bonds. The minimum Gasteiger partial charge on any atom is -0.394 e. The lowest BCUT2D eigenvalue weighted by atomic mass is 10.1. The molecule has 1 unspecified atom stereocenters. The quantitative estimate of drug-likeness (QED) is 0.212. The van der Waals surface area contributed by atoms with E-state index < -0.39 is 63.7 Å². The molecule has 0 spiro atoms. The molecule has 126 valence electrons. The number of rotatable bonds is 6. The first-order valence-corrected chi connectivity index (χ1v) is 9.21. The molecular formula is C10H21O9S2+. The van der Waals surface area contributed by atoms with Crippen molar-refractivity contribution in [3.63, 3.8) is 0 Å². The van der Waals surface area contributed by atoms with Gasteiger partial charge in [-0.1, -0.05) is 0 Å². The third-order valence-electron chi connectivity index (χ3n) is 3.37. The van der Waals surface area contributed by atoms with Crippen LogP contribution in [0.2, 0.25) is 0 Å². The molecule has 0 bridgehead atoms. The molecule has 6 N–H and O–H groups in total. The van der Waals surface area contributed by atoms with Gasteiger partial charge in [0.2, 0.25) is 0 Å². The molecule has 1 rings (SSSR count). The van der Waals surface area contributed by atoms with Gasteiger partial charge in [0, 0.05) is 0 Å². The summed E-state index contributed by atoms with van der Waals surface area (Å²) in [5.74, 6) is 0.0726. The molecule has 1 aliphatic rings. The van der Waals surface area contributed by atoms with Gasteiger partial charge < -0.3 is 25.5 Å². The lowest BCUT2D eigenvalue weighted by molar-refractivity contribution is -0.0549. The molecule has 0 aliphatic carbocycles. The summed E-state index contributed by atoms with van der Waals surface area (Å²) in [5.41, 5.74) is 0. The van der Waals surface area contributed by atoms with Crippen LogP contribution in [0.3, 0.4) is 0 Å². The van der Waals surface area contributed by atoms with Crippen molar-refractivity contribution in [3.05, 3.63) is 0 Å². The van der Waals surface area contributed by atoms with E-state index in [0.29, 0.717) is 0 Å². The second kappa shape index (κ2) is 7.53. The molecule has 7 atom stereocenters. The number of aliphatic hydroxyl groups excluding tert-OH is 5. The molecule has 0 aromatic carbocycles. The Hall–Kier alpha value is 0.0200. The largest absolute Gasteiger partial charge is 0.397 e. The van der Waals surface area contributed by atoms with Gasteiger partial charge in [-0.25, -0.2) is 4.18 Å². The molecular weight excluding hydrogens is 328 g/mol. The highest BCUT2D eigenvalue weighted by molar-refractivity contribution is 7.97. The first-order valence-electron chi connectivity index (χ1n) is 6.22. The Kier molecular flexibility index (Phi) is 6.83. The number of aliphatic hydroxyl groups is 5. The molecule has 11 heteroatoms. The van der Waals surface area contributed by atoms with E-state index in [4.69, 9.17) is 9.66 Å². The van der Waals surface area contributed by atoms with Crippen LogP contribution in [-0.2, 0) is 25.5 Å². The van der Waals surface area contributed by atoms with Crippen LogP contribution in [-0.4, -0.2) is 92.4 Å². The molecule has 1 heterocycles. The average molecular weight is 349 g/mol. The first-order chi connectivity index (χ1) is 9.56. The van der Waals surface area contributed by atoms with Gasteiger partial charge in [-0.2, -0.15) is 8.42 Å². The fourth-order valence-electron chi connectivity index (χ4n) is 2.09. The van der Waals surface area contributed by atoms with Gasteiger partial charge in [-0.3, -0.25) is 4.55 Å². The maximum Gasteiger partial charge on any atom is 0.397 e. The fraction of sp³-hybridized carbons (Fsp3) is 1.00. The zero-order valence-corrected chi connectivity index (χ0v) is 12.9. The van der Waals surface area contributed by atoms with Crippen LogP contribution in [0.1, 0.15) is 6.92 Å². The molecule has 1 saturated heterocycles. The Labute approximate surface area is 125 Å². The van der Waals surface area contributed by atoms with E-state index in [1.54, 1.807) is 6.92 Å². The second-order valence-corrected chi connectivity index (χ2v) is 8.47. The number of hydrogen-bond donors (Lipinski definition) is 6. The van der Waals surface area contributed by atoms with Crippen molar-refractivity contribution in [1.29, 1.82) is 0 Å². The van der Waals surface area contributed by atoms with Crippen LogP contribution in [0.5, 0.6) is 0 Å². The first kappa shape index (κ1) is 19.1. The smallest absolute Gasteiger partial charge is 0.394 e. The minimum atomic E-state index is -4.82. The van der Waals surface area contributed by atoms with Gasteiger partial charge in [0.15, 0.2) is 0 Å². The Balaban J connectivity index is 2.70. The maximum atomic E-state index is 10.6. The Morgan fingerprint density at radius 2 is 1.86 bits per heavy atom. The summed E-state index contributed by atoms with van der Waals surface area (Å²) >= 11 is 0.